The van der Waals surface area contributed by atoms with Crippen LogP contribution in [0.5, 0.6) is 0 Å². The lowest BCUT2D eigenvalue weighted by Crippen LogP contribution is -2.36. The molecule has 3 heteroatoms. The molecule has 16 heavy (non-hydrogen) atoms. The lowest BCUT2D eigenvalue weighted by atomic mass is 10.1. The van der Waals surface area contributed by atoms with Gasteiger partial charge >= 0.3 is 5.97 Å². The third kappa shape index (κ3) is 2.09. The fourth-order valence-electron chi connectivity index (χ4n) is 2.28. The molecule has 0 aliphatic heterocycles. The number of methoxy groups -OCH3 is 1. The van der Waals surface area contributed by atoms with Crippen molar-refractivity contribution in [3.8, 4) is 0 Å². The first-order chi connectivity index (χ1) is 7.72. The molecule has 1 aliphatic carbocycles. The Balaban J connectivity index is 2.06. The zero-order valence-electron chi connectivity index (χ0n) is 9.69. The highest BCUT2D eigenvalue weighted by molar-refractivity contribution is 5.75. The van der Waals surface area contributed by atoms with Gasteiger partial charge in [-0.05, 0) is 30.9 Å². The number of carbonyl (C=O) groups is 1. The number of hydrogen-bond acceptors (Lipinski definition) is 3. The molecule has 0 bridgehead atoms. The Kier molecular flexibility index (Phi) is 3.25. The van der Waals surface area contributed by atoms with Crippen LogP contribution in [0.1, 0.15) is 30.5 Å². The van der Waals surface area contributed by atoms with Gasteiger partial charge in [-0.2, -0.15) is 0 Å². The molecule has 0 radical (unpaired) electrons. The molecule has 0 saturated heterocycles. The summed E-state index contributed by atoms with van der Waals surface area (Å²) in [5.74, 6) is -0.204. The highest BCUT2D eigenvalue weighted by Crippen LogP contribution is 2.30. The molecule has 0 aromatic heterocycles. The van der Waals surface area contributed by atoms with Gasteiger partial charge in [-0.25, -0.2) is 0 Å². The maximum atomic E-state index is 11.3. The molecule has 0 spiro atoms. The number of hydrogen-bond donors (Lipinski definition) is 1. The smallest absolute Gasteiger partial charge is 0.322 e. The van der Waals surface area contributed by atoms with Crippen molar-refractivity contribution in [1.82, 2.24) is 5.32 Å². The summed E-state index contributed by atoms with van der Waals surface area (Å²) in [6.45, 7) is 1.84. The summed E-state index contributed by atoms with van der Waals surface area (Å²) >= 11 is 0. The van der Waals surface area contributed by atoms with Crippen LogP contribution in [0.15, 0.2) is 24.3 Å². The van der Waals surface area contributed by atoms with Gasteiger partial charge in [0, 0.05) is 6.04 Å². The van der Waals surface area contributed by atoms with Gasteiger partial charge in [0.25, 0.3) is 0 Å². The van der Waals surface area contributed by atoms with Crippen molar-refractivity contribution in [3.63, 3.8) is 0 Å². The number of carbonyl (C=O) groups excluding carboxylic acids is 1. The lowest BCUT2D eigenvalue weighted by molar-refractivity contribution is -0.142. The highest BCUT2D eigenvalue weighted by Gasteiger charge is 2.25. The van der Waals surface area contributed by atoms with Gasteiger partial charge in [-0.15, -0.1) is 0 Å². The quantitative estimate of drug-likeness (QED) is 0.788. The van der Waals surface area contributed by atoms with Crippen LogP contribution in [0.3, 0.4) is 0 Å². The Morgan fingerprint density at radius 2 is 2.25 bits per heavy atom. The van der Waals surface area contributed by atoms with Crippen LogP contribution in [0.25, 0.3) is 0 Å². The Hall–Kier alpha value is -1.35. The fourth-order valence-corrected chi connectivity index (χ4v) is 2.28. The predicted molar refractivity (Wildman–Crippen MR) is 62.1 cm³/mol. The molecule has 1 aromatic rings. The van der Waals surface area contributed by atoms with Crippen molar-refractivity contribution >= 4 is 5.97 Å². The topological polar surface area (TPSA) is 38.3 Å². The largest absolute Gasteiger partial charge is 0.468 e. The zero-order valence-corrected chi connectivity index (χ0v) is 9.69. The summed E-state index contributed by atoms with van der Waals surface area (Å²) in [5.41, 5.74) is 2.70. The van der Waals surface area contributed by atoms with Crippen molar-refractivity contribution < 1.29 is 9.53 Å². The van der Waals surface area contributed by atoms with E-state index in [1.54, 1.807) is 0 Å². The molecule has 1 unspecified atom stereocenters. The Morgan fingerprint density at radius 3 is 3.00 bits per heavy atom. The minimum atomic E-state index is -0.249. The van der Waals surface area contributed by atoms with Gasteiger partial charge in [0.15, 0.2) is 0 Å². The number of rotatable bonds is 3. The van der Waals surface area contributed by atoms with Crippen LogP contribution in [0.4, 0.5) is 0 Å². The van der Waals surface area contributed by atoms with E-state index in [0.717, 1.165) is 12.8 Å². The first kappa shape index (κ1) is 11.1. The normalized spacial score (nSPS) is 20.2. The molecule has 3 nitrogen and oxygen atoms in total. The van der Waals surface area contributed by atoms with E-state index in [1.165, 1.54) is 18.2 Å². The SMILES string of the molecule is COC(=O)[C@H](C)NC1CCc2ccccc21. The highest BCUT2D eigenvalue weighted by atomic mass is 16.5. The lowest BCUT2D eigenvalue weighted by Gasteiger charge is -2.18. The van der Waals surface area contributed by atoms with Gasteiger partial charge in [-0.3, -0.25) is 10.1 Å². The average Bonchev–Trinajstić information content (AvgIpc) is 2.72. The van der Waals surface area contributed by atoms with Crippen LogP contribution in [0, 0.1) is 0 Å². The van der Waals surface area contributed by atoms with Crippen molar-refractivity contribution in [1.29, 1.82) is 0 Å². The maximum Gasteiger partial charge on any atom is 0.322 e. The molecule has 1 aromatic carbocycles. The van der Waals surface area contributed by atoms with Crippen molar-refractivity contribution in [2.45, 2.75) is 31.8 Å². The number of esters is 1. The number of ether oxygens (including phenoxy) is 1. The van der Waals surface area contributed by atoms with E-state index < -0.39 is 0 Å². The third-order valence-corrected chi connectivity index (χ3v) is 3.14. The summed E-state index contributed by atoms with van der Waals surface area (Å²) < 4.78 is 4.71. The summed E-state index contributed by atoms with van der Waals surface area (Å²) in [6.07, 6.45) is 2.14. The molecule has 0 heterocycles. The van der Waals surface area contributed by atoms with Crippen molar-refractivity contribution in [2.75, 3.05) is 7.11 Å². The maximum absolute atomic E-state index is 11.3. The van der Waals surface area contributed by atoms with E-state index in [4.69, 9.17) is 4.74 Å². The molecular formula is C13H17NO2. The van der Waals surface area contributed by atoms with Gasteiger partial charge in [-0.1, -0.05) is 24.3 Å². The van der Waals surface area contributed by atoms with Crippen molar-refractivity contribution in [2.24, 2.45) is 0 Å². The number of fused-ring (bicyclic) bond motifs is 1. The third-order valence-electron chi connectivity index (χ3n) is 3.14. The van der Waals surface area contributed by atoms with Crippen LogP contribution in [-0.2, 0) is 16.0 Å². The van der Waals surface area contributed by atoms with Gasteiger partial charge < -0.3 is 4.74 Å². The Bertz CT molecular complexity index is 389. The van der Waals surface area contributed by atoms with Gasteiger partial charge in [0.1, 0.15) is 6.04 Å². The Morgan fingerprint density at radius 1 is 1.50 bits per heavy atom. The molecule has 1 N–H and O–H groups in total. The summed E-state index contributed by atoms with van der Waals surface area (Å²) in [6, 6.07) is 8.42. The molecule has 2 rings (SSSR count). The van der Waals surface area contributed by atoms with Crippen molar-refractivity contribution in [3.05, 3.63) is 35.4 Å². The van der Waals surface area contributed by atoms with E-state index in [9.17, 15) is 4.79 Å². The van der Waals surface area contributed by atoms with E-state index in [2.05, 4.69) is 23.5 Å². The molecule has 86 valence electrons. The van der Waals surface area contributed by atoms with E-state index >= 15 is 0 Å². The van der Waals surface area contributed by atoms with Crippen LogP contribution < -0.4 is 5.32 Å². The van der Waals surface area contributed by atoms with E-state index in [1.807, 2.05) is 13.0 Å². The van der Waals surface area contributed by atoms with Gasteiger partial charge in [0.2, 0.25) is 0 Å². The standard InChI is InChI=1S/C13H17NO2/c1-9(13(15)16-2)14-12-8-7-10-5-3-4-6-11(10)12/h3-6,9,12,14H,7-8H2,1-2H3/t9-,12?/m0/s1. The first-order valence-corrected chi connectivity index (χ1v) is 5.64. The summed E-state index contributed by atoms with van der Waals surface area (Å²) in [5, 5.41) is 3.31. The molecule has 0 saturated carbocycles. The minimum absolute atomic E-state index is 0.204. The molecule has 2 atom stereocenters. The minimum Gasteiger partial charge on any atom is -0.468 e. The molecule has 0 amide bonds. The van der Waals surface area contributed by atoms with Crippen LogP contribution >= 0.6 is 0 Å². The fraction of sp³-hybridized carbons (Fsp3) is 0.462. The number of aryl methyl sites for hydroxylation is 1. The molecule has 0 fully saturated rings. The second-order valence-corrected chi connectivity index (χ2v) is 4.20. The van der Waals surface area contributed by atoms with Gasteiger partial charge in [0.05, 0.1) is 7.11 Å². The average molecular weight is 219 g/mol. The Labute approximate surface area is 95.8 Å². The zero-order chi connectivity index (χ0) is 11.5. The van der Waals surface area contributed by atoms with Crippen LogP contribution in [-0.4, -0.2) is 19.1 Å². The van der Waals surface area contributed by atoms with Crippen LogP contribution in [0.2, 0.25) is 0 Å². The first-order valence-electron chi connectivity index (χ1n) is 5.64. The summed E-state index contributed by atoms with van der Waals surface area (Å²) in [4.78, 5) is 11.3. The van der Waals surface area contributed by atoms with E-state index in [0.29, 0.717) is 0 Å². The second-order valence-electron chi connectivity index (χ2n) is 4.20. The molecular weight excluding hydrogens is 202 g/mol. The van der Waals surface area contributed by atoms with E-state index in [-0.39, 0.29) is 18.1 Å². The monoisotopic (exact) mass is 219 g/mol. The predicted octanol–water partition coefficient (Wildman–Crippen LogP) is 1.82. The second kappa shape index (κ2) is 4.66. The summed E-state index contributed by atoms with van der Waals surface area (Å²) in [7, 11) is 1.42. The number of nitrogens with one attached hydrogen (secondary N) is 1. The molecule has 1 aliphatic rings. The number of benzene rings is 1.